The Morgan fingerprint density at radius 2 is 1.93 bits per heavy atom. The van der Waals surface area contributed by atoms with E-state index in [4.69, 9.17) is 33.7 Å². The number of pyridine rings is 1. The summed E-state index contributed by atoms with van der Waals surface area (Å²) in [7, 11) is 1.70. The number of rotatable bonds is 6. The molecule has 3 heterocycles. The van der Waals surface area contributed by atoms with Crippen LogP contribution in [0.15, 0.2) is 61.2 Å². The number of anilines is 2. The van der Waals surface area contributed by atoms with E-state index in [2.05, 4.69) is 32.9 Å². The van der Waals surface area contributed by atoms with Gasteiger partial charge in [-0.1, -0.05) is 35.8 Å². The van der Waals surface area contributed by atoms with Crippen LogP contribution in [0, 0.1) is 24.1 Å². The molecule has 0 aliphatic carbocycles. The molecule has 0 unspecified atom stereocenters. The number of aryl methyl sites for hydroxylation is 2. The second-order valence-corrected chi connectivity index (χ2v) is 9.88. The van der Waals surface area contributed by atoms with Gasteiger partial charge in [-0.05, 0) is 42.8 Å². The Labute approximate surface area is 247 Å². The lowest BCUT2D eigenvalue weighted by Gasteiger charge is -2.13. The molecule has 13 heteroatoms. The van der Waals surface area contributed by atoms with Gasteiger partial charge in [-0.2, -0.15) is 10.2 Å². The van der Waals surface area contributed by atoms with Crippen LogP contribution in [0.25, 0.3) is 33.3 Å². The van der Waals surface area contributed by atoms with Crippen molar-refractivity contribution in [1.29, 1.82) is 5.26 Å². The van der Waals surface area contributed by atoms with Crippen LogP contribution >= 0.6 is 23.2 Å². The summed E-state index contributed by atoms with van der Waals surface area (Å²) in [5, 5.41) is 13.1. The van der Waals surface area contributed by atoms with E-state index >= 15 is 4.39 Å². The van der Waals surface area contributed by atoms with Crippen molar-refractivity contribution < 1.29 is 18.3 Å². The van der Waals surface area contributed by atoms with Crippen molar-refractivity contribution in [3.63, 3.8) is 0 Å². The Balaban J connectivity index is 1.69. The minimum atomic E-state index is -1.16. The van der Waals surface area contributed by atoms with Crippen molar-refractivity contribution in [2.75, 3.05) is 11.1 Å². The molecule has 0 saturated carbocycles. The number of fused-ring (bicyclic) bond motifs is 1. The van der Waals surface area contributed by atoms with E-state index in [-0.39, 0.29) is 33.9 Å². The summed E-state index contributed by atoms with van der Waals surface area (Å²) in [6.07, 6.45) is 2.70. The van der Waals surface area contributed by atoms with Gasteiger partial charge in [-0.3, -0.25) is 4.79 Å². The van der Waals surface area contributed by atoms with Gasteiger partial charge in [0, 0.05) is 30.1 Å². The molecular formula is C29H19Cl2F2N7O2. The molecule has 3 N–H and O–H groups in total. The zero-order chi connectivity index (χ0) is 30.3. The van der Waals surface area contributed by atoms with E-state index in [0.29, 0.717) is 44.0 Å². The number of amides is 1. The number of carbonyl (C=O) groups is 1. The molecule has 0 fully saturated rings. The van der Waals surface area contributed by atoms with E-state index in [1.807, 2.05) is 0 Å². The van der Waals surface area contributed by atoms with Crippen molar-refractivity contribution in [2.45, 2.75) is 6.92 Å². The van der Waals surface area contributed by atoms with Crippen LogP contribution in [0.3, 0.4) is 0 Å². The zero-order valence-electron chi connectivity index (χ0n) is 22.0. The van der Waals surface area contributed by atoms with Crippen molar-refractivity contribution >= 4 is 51.5 Å². The number of halogens is 4. The first-order valence-electron chi connectivity index (χ1n) is 12.1. The number of nitrogen functional groups attached to an aromatic ring is 1. The number of nitrogens with zero attached hydrogens (tertiary/aromatic N) is 5. The molecule has 5 aromatic rings. The second-order valence-electron chi connectivity index (χ2n) is 9.06. The van der Waals surface area contributed by atoms with Gasteiger partial charge < -0.3 is 20.4 Å². The molecule has 0 aliphatic rings. The summed E-state index contributed by atoms with van der Waals surface area (Å²) in [5.41, 5.74) is 9.42. The third-order valence-electron chi connectivity index (χ3n) is 6.41. The highest BCUT2D eigenvalue weighted by molar-refractivity contribution is 6.34. The average molecular weight is 606 g/mol. The quantitative estimate of drug-likeness (QED) is 0.197. The minimum Gasteiger partial charge on any atom is -0.421 e. The summed E-state index contributed by atoms with van der Waals surface area (Å²) in [6, 6.07) is 10.8. The van der Waals surface area contributed by atoms with E-state index in [0.717, 1.165) is 0 Å². The first-order valence-corrected chi connectivity index (χ1v) is 12.8. The number of hydrogen-bond donors (Lipinski definition) is 2. The topological polar surface area (TPSA) is 132 Å². The van der Waals surface area contributed by atoms with Gasteiger partial charge in [-0.25, -0.2) is 18.7 Å². The van der Waals surface area contributed by atoms with E-state index in [1.54, 1.807) is 30.7 Å². The maximum atomic E-state index is 15.5. The van der Waals surface area contributed by atoms with E-state index in [9.17, 15) is 14.4 Å². The lowest BCUT2D eigenvalue weighted by molar-refractivity contribution is -0.114. The number of nitrogens with one attached hydrogen (secondary N) is 1. The molecule has 0 saturated heterocycles. The number of carbonyl (C=O) groups excluding carboxylic acids is 1. The van der Waals surface area contributed by atoms with Crippen LogP contribution in [0.4, 0.5) is 20.3 Å². The number of hydrogen-bond acceptors (Lipinski definition) is 7. The normalized spacial score (nSPS) is 10.9. The first-order chi connectivity index (χ1) is 20.0. The monoisotopic (exact) mass is 605 g/mol. The summed E-state index contributed by atoms with van der Waals surface area (Å²) in [5.74, 6) is -2.94. The molecule has 0 radical (unpaired) electrons. The zero-order valence-corrected chi connectivity index (χ0v) is 23.5. The van der Waals surface area contributed by atoms with E-state index < -0.39 is 17.6 Å². The molecule has 9 nitrogen and oxygen atoms in total. The Morgan fingerprint density at radius 1 is 1.17 bits per heavy atom. The fourth-order valence-electron chi connectivity index (χ4n) is 4.49. The Morgan fingerprint density at radius 3 is 2.57 bits per heavy atom. The van der Waals surface area contributed by atoms with Crippen LogP contribution in [0.5, 0.6) is 11.8 Å². The molecule has 0 atom stereocenters. The molecule has 210 valence electrons. The average Bonchev–Trinajstić information content (AvgIpc) is 3.25. The molecule has 0 aliphatic heterocycles. The van der Waals surface area contributed by atoms with Crippen molar-refractivity contribution in [3.05, 3.63) is 88.3 Å². The minimum absolute atomic E-state index is 0.0863. The number of ether oxygens (including phenoxy) is 1. The van der Waals surface area contributed by atoms with Crippen LogP contribution in [0.2, 0.25) is 10.0 Å². The van der Waals surface area contributed by atoms with E-state index in [1.165, 1.54) is 36.7 Å². The molecule has 2 aromatic carbocycles. The SMILES string of the molecule is C=C(F)C(=O)Nc1ccc(-c2c(-c3ccc(Oc4ncc(Cl)c(C)n4)c(F)c3)c3c(N)ncc(C#N)c3n2C)c(Cl)c1. The van der Waals surface area contributed by atoms with Gasteiger partial charge in [-0.15, -0.1) is 0 Å². The fraction of sp³-hybridized carbons (Fsp3) is 0.0690. The summed E-state index contributed by atoms with van der Waals surface area (Å²) in [6.45, 7) is 4.64. The molecule has 3 aromatic heterocycles. The van der Waals surface area contributed by atoms with Crippen LogP contribution < -0.4 is 15.8 Å². The molecule has 42 heavy (non-hydrogen) atoms. The van der Waals surface area contributed by atoms with Gasteiger partial charge in [0.1, 0.15) is 11.9 Å². The summed E-state index contributed by atoms with van der Waals surface area (Å²) < 4.78 is 36.0. The Hall–Kier alpha value is -5.05. The highest BCUT2D eigenvalue weighted by Gasteiger charge is 2.25. The Bertz CT molecular complexity index is 1990. The highest BCUT2D eigenvalue weighted by Crippen LogP contribution is 2.46. The molecule has 0 bridgehead atoms. The van der Waals surface area contributed by atoms with Gasteiger partial charge in [0.05, 0.1) is 44.1 Å². The van der Waals surface area contributed by atoms with Crippen LogP contribution in [-0.2, 0) is 11.8 Å². The molecule has 5 rings (SSSR count). The summed E-state index contributed by atoms with van der Waals surface area (Å²) in [4.78, 5) is 24.0. The predicted molar refractivity (Wildman–Crippen MR) is 156 cm³/mol. The van der Waals surface area contributed by atoms with Crippen molar-refractivity contribution in [1.82, 2.24) is 19.5 Å². The van der Waals surface area contributed by atoms with Gasteiger partial charge in [0.25, 0.3) is 5.91 Å². The lowest BCUT2D eigenvalue weighted by atomic mass is 9.97. The first kappa shape index (κ1) is 28.5. The molecular weight excluding hydrogens is 587 g/mol. The highest BCUT2D eigenvalue weighted by atomic mass is 35.5. The molecule has 1 amide bonds. The number of nitrogens with two attached hydrogens (primary N) is 1. The number of nitriles is 1. The van der Waals surface area contributed by atoms with Crippen LogP contribution in [0.1, 0.15) is 11.3 Å². The smallest absolute Gasteiger partial charge is 0.322 e. The fourth-order valence-corrected chi connectivity index (χ4v) is 4.85. The maximum Gasteiger partial charge on any atom is 0.322 e. The van der Waals surface area contributed by atoms with Gasteiger partial charge in [0.2, 0.25) is 0 Å². The predicted octanol–water partition coefficient (Wildman–Crippen LogP) is 7.12. The van der Waals surface area contributed by atoms with Gasteiger partial charge in [0.15, 0.2) is 17.4 Å². The Kier molecular flexibility index (Phi) is 7.51. The van der Waals surface area contributed by atoms with Crippen LogP contribution in [-0.4, -0.2) is 25.4 Å². The third kappa shape index (κ3) is 5.09. The molecule has 0 spiro atoms. The van der Waals surface area contributed by atoms with Crippen molar-refractivity contribution in [3.8, 4) is 40.2 Å². The largest absolute Gasteiger partial charge is 0.421 e. The number of benzene rings is 2. The maximum absolute atomic E-state index is 15.5. The third-order valence-corrected chi connectivity index (χ3v) is 7.09. The van der Waals surface area contributed by atoms with Crippen molar-refractivity contribution in [2.24, 2.45) is 7.05 Å². The lowest BCUT2D eigenvalue weighted by Crippen LogP contribution is -2.11. The van der Waals surface area contributed by atoms with Gasteiger partial charge >= 0.3 is 6.01 Å². The standard InChI is InChI=1S/C29H19Cl2F2N7O2/c1-13(32)28(41)39-17-5-6-18(19(30)9-17)26-23(24-25(40(26)3)16(10-34)11-36-27(24)35)15-4-7-22(21(33)8-15)42-29-37-12-20(31)14(2)38-29/h4-9,11-12H,1H2,2-3H3,(H2,35,36)(H,39,41). The second kappa shape index (κ2) is 11.1. The summed E-state index contributed by atoms with van der Waals surface area (Å²) >= 11 is 12.6. The number of aromatic nitrogens is 4.